The van der Waals surface area contributed by atoms with Gasteiger partial charge in [0, 0.05) is 22.7 Å². The molecule has 0 bridgehead atoms. The molecule has 1 fully saturated rings. The Kier molecular flexibility index (Phi) is 4.42. The third-order valence-electron chi connectivity index (χ3n) is 4.41. The van der Waals surface area contributed by atoms with E-state index in [-0.39, 0.29) is 17.8 Å². The van der Waals surface area contributed by atoms with Crippen molar-refractivity contribution in [1.82, 2.24) is 15.0 Å². The summed E-state index contributed by atoms with van der Waals surface area (Å²) in [7, 11) is 0. The van der Waals surface area contributed by atoms with Gasteiger partial charge >= 0.3 is 0 Å². The summed E-state index contributed by atoms with van der Waals surface area (Å²) in [5.41, 5.74) is 1.19. The number of carbonyl (C=O) groups excluding carboxylic acids is 1. The lowest BCUT2D eigenvalue weighted by Gasteiger charge is -2.21. The van der Waals surface area contributed by atoms with Crippen molar-refractivity contribution in [3.8, 4) is 11.4 Å². The minimum atomic E-state index is -0.373. The monoisotopic (exact) mass is 371 g/mol. The first-order valence-corrected chi connectivity index (χ1v) is 8.66. The Labute approximate surface area is 154 Å². The molecule has 1 aliphatic rings. The van der Waals surface area contributed by atoms with Crippen molar-refractivity contribution in [3.05, 3.63) is 70.8 Å². The Balaban J connectivity index is 1.59. The fourth-order valence-corrected chi connectivity index (χ4v) is 3.33. The molecule has 3 aromatic rings. The van der Waals surface area contributed by atoms with Crippen molar-refractivity contribution in [2.45, 2.75) is 18.9 Å². The van der Waals surface area contributed by atoms with E-state index in [2.05, 4.69) is 10.1 Å². The van der Waals surface area contributed by atoms with Gasteiger partial charge in [0.15, 0.2) is 0 Å². The second kappa shape index (κ2) is 6.88. The van der Waals surface area contributed by atoms with Crippen LogP contribution in [0.15, 0.2) is 53.1 Å². The van der Waals surface area contributed by atoms with Crippen LogP contribution in [0.25, 0.3) is 11.4 Å². The van der Waals surface area contributed by atoms with E-state index >= 15 is 0 Å². The van der Waals surface area contributed by atoms with Crippen molar-refractivity contribution in [1.29, 1.82) is 0 Å². The fraction of sp³-hybridized carbons (Fsp3) is 0.211. The molecule has 7 heteroatoms. The average Bonchev–Trinajstić information content (AvgIpc) is 3.31. The van der Waals surface area contributed by atoms with E-state index in [1.54, 1.807) is 17.0 Å². The number of halogens is 2. The molecule has 0 spiro atoms. The highest BCUT2D eigenvalue weighted by Crippen LogP contribution is 2.33. The molecule has 0 radical (unpaired) electrons. The summed E-state index contributed by atoms with van der Waals surface area (Å²) < 4.78 is 18.5. The zero-order valence-corrected chi connectivity index (χ0v) is 14.5. The van der Waals surface area contributed by atoms with Crippen molar-refractivity contribution >= 4 is 17.5 Å². The molecule has 1 unspecified atom stereocenters. The molecule has 26 heavy (non-hydrogen) atoms. The third kappa shape index (κ3) is 3.20. The van der Waals surface area contributed by atoms with Gasteiger partial charge in [0.25, 0.3) is 5.91 Å². The minimum absolute atomic E-state index is 0.171. The summed E-state index contributed by atoms with van der Waals surface area (Å²) in [5.74, 6) is 0.286. The topological polar surface area (TPSA) is 59.2 Å². The van der Waals surface area contributed by atoms with E-state index in [4.69, 9.17) is 16.1 Å². The summed E-state index contributed by atoms with van der Waals surface area (Å²) >= 11 is 6.01. The maximum atomic E-state index is 13.1. The quantitative estimate of drug-likeness (QED) is 0.679. The number of amides is 1. The fourth-order valence-electron chi connectivity index (χ4n) is 3.14. The highest BCUT2D eigenvalue weighted by molar-refractivity contribution is 6.30. The lowest BCUT2D eigenvalue weighted by Crippen LogP contribution is -2.30. The molecular weight excluding hydrogens is 357 g/mol. The molecule has 1 aliphatic heterocycles. The van der Waals surface area contributed by atoms with Crippen LogP contribution in [-0.4, -0.2) is 27.5 Å². The summed E-state index contributed by atoms with van der Waals surface area (Å²) in [5, 5.41) is 4.60. The van der Waals surface area contributed by atoms with Gasteiger partial charge in [-0.05, 0) is 49.2 Å². The van der Waals surface area contributed by atoms with Crippen molar-refractivity contribution < 1.29 is 13.7 Å². The van der Waals surface area contributed by atoms with Gasteiger partial charge in [0.2, 0.25) is 11.7 Å². The first-order valence-electron chi connectivity index (χ1n) is 8.28. The van der Waals surface area contributed by atoms with Crippen LogP contribution in [0.2, 0.25) is 5.02 Å². The highest BCUT2D eigenvalue weighted by atomic mass is 35.5. The molecule has 0 aliphatic carbocycles. The van der Waals surface area contributed by atoms with Gasteiger partial charge in [0.05, 0.1) is 0 Å². The number of likely N-dealkylation sites (tertiary alicyclic amines) is 1. The minimum Gasteiger partial charge on any atom is -0.337 e. The van der Waals surface area contributed by atoms with Gasteiger partial charge in [-0.15, -0.1) is 0 Å². The van der Waals surface area contributed by atoms with Crippen LogP contribution >= 0.6 is 11.6 Å². The van der Waals surface area contributed by atoms with Gasteiger partial charge in [-0.2, -0.15) is 4.98 Å². The number of hydrogen-bond acceptors (Lipinski definition) is 4. The van der Waals surface area contributed by atoms with Crippen LogP contribution in [0.4, 0.5) is 4.39 Å². The second-order valence-corrected chi connectivity index (χ2v) is 6.57. The summed E-state index contributed by atoms with van der Waals surface area (Å²) in [4.78, 5) is 18.9. The zero-order chi connectivity index (χ0) is 18.1. The van der Waals surface area contributed by atoms with Gasteiger partial charge in [-0.3, -0.25) is 4.79 Å². The van der Waals surface area contributed by atoms with E-state index < -0.39 is 0 Å². The average molecular weight is 372 g/mol. The number of aromatic nitrogens is 2. The number of nitrogens with zero attached hydrogens (tertiary/aromatic N) is 3. The Hall–Kier alpha value is -2.73. The molecule has 2 aromatic carbocycles. The standard InChI is InChI=1S/C19H15ClFN3O2/c20-14-4-1-3-13(11-14)17-22-18(26-23-17)16-5-2-10-24(16)19(25)12-6-8-15(21)9-7-12/h1,3-4,6-9,11,16H,2,5,10H2. The maximum absolute atomic E-state index is 13.1. The molecule has 1 atom stereocenters. The molecule has 1 saturated heterocycles. The third-order valence-corrected chi connectivity index (χ3v) is 4.65. The number of hydrogen-bond donors (Lipinski definition) is 0. The first kappa shape index (κ1) is 16.7. The molecule has 5 nitrogen and oxygen atoms in total. The molecule has 132 valence electrons. The van der Waals surface area contributed by atoms with Crippen LogP contribution in [0.5, 0.6) is 0 Å². The summed E-state index contributed by atoms with van der Waals surface area (Å²) in [6.45, 7) is 0.593. The predicted octanol–water partition coefficient (Wildman–Crippen LogP) is 4.51. The largest absolute Gasteiger partial charge is 0.337 e. The van der Waals surface area contributed by atoms with E-state index in [9.17, 15) is 9.18 Å². The number of carbonyl (C=O) groups is 1. The van der Waals surface area contributed by atoms with Gasteiger partial charge < -0.3 is 9.42 Å². The molecule has 1 amide bonds. The first-order chi connectivity index (χ1) is 12.6. The SMILES string of the molecule is O=C(c1ccc(F)cc1)N1CCCC1c1nc(-c2cccc(Cl)c2)no1. The van der Waals surface area contributed by atoms with E-state index in [1.165, 1.54) is 24.3 Å². The molecule has 1 aromatic heterocycles. The maximum Gasteiger partial charge on any atom is 0.254 e. The van der Waals surface area contributed by atoms with Crippen molar-refractivity contribution in [2.75, 3.05) is 6.54 Å². The van der Waals surface area contributed by atoms with E-state index in [0.29, 0.717) is 28.8 Å². The van der Waals surface area contributed by atoms with Gasteiger partial charge in [0.1, 0.15) is 11.9 Å². The Bertz CT molecular complexity index is 942. The van der Waals surface area contributed by atoms with Gasteiger partial charge in [-0.1, -0.05) is 28.9 Å². The lowest BCUT2D eigenvalue weighted by molar-refractivity contribution is 0.0710. The van der Waals surface area contributed by atoms with Crippen LogP contribution in [0, 0.1) is 5.82 Å². The lowest BCUT2D eigenvalue weighted by atomic mass is 10.1. The second-order valence-electron chi connectivity index (χ2n) is 6.13. The molecule has 0 saturated carbocycles. The Morgan fingerprint density at radius 2 is 2.04 bits per heavy atom. The molecular formula is C19H15ClFN3O2. The predicted molar refractivity (Wildman–Crippen MR) is 94.2 cm³/mol. The van der Waals surface area contributed by atoms with Crippen LogP contribution in [0.1, 0.15) is 35.1 Å². The Morgan fingerprint density at radius 1 is 1.23 bits per heavy atom. The normalized spacial score (nSPS) is 16.8. The Morgan fingerprint density at radius 3 is 2.81 bits per heavy atom. The molecule has 0 N–H and O–H groups in total. The summed E-state index contributed by atoms with van der Waals surface area (Å²) in [6, 6.07) is 12.4. The van der Waals surface area contributed by atoms with Crippen molar-refractivity contribution in [2.24, 2.45) is 0 Å². The van der Waals surface area contributed by atoms with Crippen LogP contribution < -0.4 is 0 Å². The van der Waals surface area contributed by atoms with Gasteiger partial charge in [-0.25, -0.2) is 4.39 Å². The zero-order valence-electron chi connectivity index (χ0n) is 13.7. The molecule has 4 rings (SSSR count). The van der Waals surface area contributed by atoms with Crippen LogP contribution in [0.3, 0.4) is 0 Å². The number of benzene rings is 2. The molecule has 2 heterocycles. The van der Waals surface area contributed by atoms with E-state index in [0.717, 1.165) is 18.4 Å². The van der Waals surface area contributed by atoms with Crippen LogP contribution in [-0.2, 0) is 0 Å². The number of rotatable bonds is 3. The smallest absolute Gasteiger partial charge is 0.254 e. The summed E-state index contributed by atoms with van der Waals surface area (Å²) in [6.07, 6.45) is 1.58. The van der Waals surface area contributed by atoms with E-state index in [1.807, 2.05) is 12.1 Å². The highest BCUT2D eigenvalue weighted by Gasteiger charge is 2.34. The van der Waals surface area contributed by atoms with Crippen molar-refractivity contribution in [3.63, 3.8) is 0 Å².